The predicted octanol–water partition coefficient (Wildman–Crippen LogP) is 11.3. The van der Waals surface area contributed by atoms with E-state index in [-0.39, 0.29) is 18.6 Å². The molecule has 5 nitrogen and oxygen atoms in total. The van der Waals surface area contributed by atoms with Gasteiger partial charge in [0.05, 0.1) is 12.6 Å². The van der Waals surface area contributed by atoms with Crippen LogP contribution in [0.15, 0.2) is 5.18 Å². The first-order chi connectivity index (χ1) is 20.2. The van der Waals surface area contributed by atoms with Gasteiger partial charge in [-0.15, -0.1) is 4.91 Å². The molecule has 244 valence electrons. The van der Waals surface area contributed by atoms with Gasteiger partial charge in [0.15, 0.2) is 6.04 Å². The number of hydrogen-bond acceptors (Lipinski definition) is 4. The Kier molecular flexibility index (Phi) is 32.7. The lowest BCUT2D eigenvalue weighted by molar-refractivity contribution is -0.123. The Morgan fingerprint density at radius 2 is 0.805 bits per heavy atom. The van der Waals surface area contributed by atoms with Crippen LogP contribution in [0, 0.1) is 4.91 Å². The molecule has 0 aliphatic rings. The molecule has 0 fully saturated rings. The lowest BCUT2D eigenvalue weighted by Gasteiger charge is -2.18. The summed E-state index contributed by atoms with van der Waals surface area (Å²) in [5.74, 6) is -0.306. The summed E-state index contributed by atoms with van der Waals surface area (Å²) in [6.45, 7) is 4.46. The highest BCUT2D eigenvalue weighted by Crippen LogP contribution is 2.16. The van der Waals surface area contributed by atoms with Crippen LogP contribution in [0.25, 0.3) is 0 Å². The van der Waals surface area contributed by atoms with Crippen LogP contribution in [-0.2, 0) is 4.79 Å². The molecule has 2 atom stereocenters. The number of hydrogen-bond donors (Lipinski definition) is 2. The van der Waals surface area contributed by atoms with Crippen LogP contribution in [-0.4, -0.2) is 29.7 Å². The third kappa shape index (κ3) is 28.9. The van der Waals surface area contributed by atoms with Crippen LogP contribution < -0.4 is 5.32 Å². The number of nitrogens with zero attached hydrogens (tertiary/aromatic N) is 1. The highest BCUT2D eigenvalue weighted by atomic mass is 16.3. The topological polar surface area (TPSA) is 78.8 Å². The van der Waals surface area contributed by atoms with Gasteiger partial charge in [0.2, 0.25) is 5.91 Å². The van der Waals surface area contributed by atoms with E-state index in [2.05, 4.69) is 24.3 Å². The van der Waals surface area contributed by atoms with E-state index in [0.29, 0.717) is 6.42 Å². The number of rotatable bonds is 34. The number of amides is 1. The fourth-order valence-corrected chi connectivity index (χ4v) is 5.86. The monoisotopic (exact) mass is 581 g/mol. The summed E-state index contributed by atoms with van der Waals surface area (Å²) < 4.78 is 0. The van der Waals surface area contributed by atoms with E-state index in [0.717, 1.165) is 32.1 Å². The summed E-state index contributed by atoms with van der Waals surface area (Å²) in [6.07, 6.45) is 37.7. The average Bonchev–Trinajstić information content (AvgIpc) is 2.98. The van der Waals surface area contributed by atoms with Gasteiger partial charge in [0.25, 0.3) is 0 Å². The first kappa shape index (κ1) is 40.0. The Labute approximate surface area is 256 Å². The molecule has 5 heteroatoms. The summed E-state index contributed by atoms with van der Waals surface area (Å²) in [5, 5.41) is 15.7. The number of carbonyl (C=O) groups is 1. The zero-order valence-electron chi connectivity index (χ0n) is 27.8. The number of aliphatic hydroxyl groups excluding tert-OH is 1. The van der Waals surface area contributed by atoms with Crippen LogP contribution in [0.1, 0.15) is 206 Å². The van der Waals surface area contributed by atoms with Crippen molar-refractivity contribution >= 4 is 5.91 Å². The van der Waals surface area contributed by atoms with Gasteiger partial charge in [-0.2, -0.15) is 0 Å². The van der Waals surface area contributed by atoms with Crippen molar-refractivity contribution in [3.63, 3.8) is 0 Å². The maximum atomic E-state index is 12.5. The minimum atomic E-state index is -0.822. The second-order valence-electron chi connectivity index (χ2n) is 12.8. The standard InChI is InChI=1S/C36H72N2O3/c1-3-5-7-9-11-13-15-17-19-21-23-25-27-29-31-34(33-39)37-36(40)35(38-41)32-30-28-26-24-22-20-18-16-14-12-10-8-6-4-2/h34-35,39H,3-33H2,1-2H3,(H,37,40)/t34-,35?/m1/s1. The van der Waals surface area contributed by atoms with E-state index in [1.165, 1.54) is 154 Å². The molecule has 0 saturated carbocycles. The van der Waals surface area contributed by atoms with Gasteiger partial charge in [-0.05, 0) is 12.8 Å². The summed E-state index contributed by atoms with van der Waals surface area (Å²) in [4.78, 5) is 23.8. The third-order valence-corrected chi connectivity index (χ3v) is 8.73. The second kappa shape index (κ2) is 33.5. The van der Waals surface area contributed by atoms with Gasteiger partial charge in [0.1, 0.15) is 0 Å². The lowest BCUT2D eigenvalue weighted by Crippen LogP contribution is -2.42. The van der Waals surface area contributed by atoms with Gasteiger partial charge < -0.3 is 10.4 Å². The Morgan fingerprint density at radius 1 is 0.512 bits per heavy atom. The van der Waals surface area contributed by atoms with Crippen LogP contribution >= 0.6 is 0 Å². The SMILES string of the molecule is CCCCCCCCCCCCCCCCC(N=O)C(=O)N[C@@H](CO)CCCCCCCCCCCCCCCC. The minimum absolute atomic E-state index is 0.0748. The van der Waals surface area contributed by atoms with E-state index in [9.17, 15) is 14.8 Å². The van der Waals surface area contributed by atoms with E-state index < -0.39 is 6.04 Å². The first-order valence-electron chi connectivity index (χ1n) is 18.4. The summed E-state index contributed by atoms with van der Waals surface area (Å²) >= 11 is 0. The van der Waals surface area contributed by atoms with Crippen molar-refractivity contribution in [2.24, 2.45) is 5.18 Å². The smallest absolute Gasteiger partial charge is 0.248 e. The fraction of sp³-hybridized carbons (Fsp3) is 0.972. The van der Waals surface area contributed by atoms with Crippen molar-refractivity contribution in [1.82, 2.24) is 5.32 Å². The van der Waals surface area contributed by atoms with Crippen molar-refractivity contribution in [2.75, 3.05) is 6.61 Å². The number of nitroso groups, excluding NO2 is 1. The summed E-state index contributed by atoms with van der Waals surface area (Å²) in [6, 6.07) is -1.09. The number of nitrogens with one attached hydrogen (secondary N) is 1. The zero-order valence-corrected chi connectivity index (χ0v) is 27.8. The van der Waals surface area contributed by atoms with Gasteiger partial charge in [-0.25, -0.2) is 0 Å². The molecule has 41 heavy (non-hydrogen) atoms. The van der Waals surface area contributed by atoms with Crippen LogP contribution in [0.2, 0.25) is 0 Å². The average molecular weight is 581 g/mol. The molecular formula is C36H72N2O3. The molecule has 0 aromatic carbocycles. The molecule has 0 saturated heterocycles. The van der Waals surface area contributed by atoms with Crippen molar-refractivity contribution in [2.45, 2.75) is 219 Å². The van der Waals surface area contributed by atoms with Crippen LogP contribution in [0.3, 0.4) is 0 Å². The van der Waals surface area contributed by atoms with Crippen LogP contribution in [0.4, 0.5) is 0 Å². The van der Waals surface area contributed by atoms with Gasteiger partial charge >= 0.3 is 0 Å². The molecule has 0 rings (SSSR count). The summed E-state index contributed by atoms with van der Waals surface area (Å²) in [7, 11) is 0. The molecule has 0 aliphatic heterocycles. The molecule has 0 bridgehead atoms. The largest absolute Gasteiger partial charge is 0.394 e. The van der Waals surface area contributed by atoms with E-state index in [1.807, 2.05) is 0 Å². The minimum Gasteiger partial charge on any atom is -0.394 e. The highest BCUT2D eigenvalue weighted by Gasteiger charge is 2.21. The molecule has 0 heterocycles. The lowest BCUT2D eigenvalue weighted by atomic mass is 10.0. The van der Waals surface area contributed by atoms with Gasteiger partial charge in [-0.1, -0.05) is 199 Å². The van der Waals surface area contributed by atoms with E-state index in [4.69, 9.17) is 0 Å². The van der Waals surface area contributed by atoms with Crippen molar-refractivity contribution in [1.29, 1.82) is 0 Å². The molecule has 0 spiro atoms. The molecule has 0 aliphatic carbocycles. The Morgan fingerprint density at radius 3 is 1.10 bits per heavy atom. The zero-order chi connectivity index (χ0) is 30.1. The Hall–Kier alpha value is -0.970. The Balaban J connectivity index is 3.65. The quantitative estimate of drug-likeness (QED) is 0.0587. The Bertz CT molecular complexity index is 543. The molecular weight excluding hydrogens is 508 g/mol. The molecule has 2 N–H and O–H groups in total. The number of aliphatic hydroxyl groups is 1. The summed E-state index contributed by atoms with van der Waals surface area (Å²) in [5.41, 5.74) is 0. The van der Waals surface area contributed by atoms with Crippen molar-refractivity contribution in [3.8, 4) is 0 Å². The molecule has 1 amide bonds. The maximum absolute atomic E-state index is 12.5. The highest BCUT2D eigenvalue weighted by molar-refractivity contribution is 5.82. The van der Waals surface area contributed by atoms with E-state index in [1.54, 1.807) is 0 Å². The van der Waals surface area contributed by atoms with E-state index >= 15 is 0 Å². The fourth-order valence-electron chi connectivity index (χ4n) is 5.86. The van der Waals surface area contributed by atoms with Gasteiger partial charge in [0, 0.05) is 0 Å². The maximum Gasteiger partial charge on any atom is 0.248 e. The van der Waals surface area contributed by atoms with Gasteiger partial charge in [-0.3, -0.25) is 4.79 Å². The number of unbranched alkanes of at least 4 members (excludes halogenated alkanes) is 26. The normalized spacial score (nSPS) is 12.9. The molecule has 1 unspecified atom stereocenters. The third-order valence-electron chi connectivity index (χ3n) is 8.73. The number of carbonyl (C=O) groups excluding carboxylic acids is 1. The predicted molar refractivity (Wildman–Crippen MR) is 178 cm³/mol. The molecule has 0 aromatic heterocycles. The van der Waals surface area contributed by atoms with Crippen molar-refractivity contribution < 1.29 is 9.90 Å². The molecule has 0 radical (unpaired) electrons. The second-order valence-corrected chi connectivity index (χ2v) is 12.8. The molecule has 0 aromatic rings. The van der Waals surface area contributed by atoms with Crippen molar-refractivity contribution in [3.05, 3.63) is 4.91 Å². The van der Waals surface area contributed by atoms with Crippen LogP contribution in [0.5, 0.6) is 0 Å². The first-order valence-corrected chi connectivity index (χ1v) is 18.4.